The lowest BCUT2D eigenvalue weighted by Gasteiger charge is -2.09. The summed E-state index contributed by atoms with van der Waals surface area (Å²) in [5.74, 6) is 0.773. The minimum Gasteiger partial charge on any atom is -0.369 e. The van der Waals surface area contributed by atoms with Gasteiger partial charge in [0, 0.05) is 29.3 Å². The second kappa shape index (κ2) is 9.85. The fraction of sp³-hybridized carbons (Fsp3) is 0.143. The zero-order valence-electron chi connectivity index (χ0n) is 19.7. The van der Waals surface area contributed by atoms with Crippen LogP contribution in [0.25, 0.3) is 33.5 Å². The molecule has 4 nitrogen and oxygen atoms in total. The molecule has 1 aliphatic heterocycles. The number of pyridine rings is 2. The maximum absolute atomic E-state index is 12.7. The van der Waals surface area contributed by atoms with Gasteiger partial charge in [-0.1, -0.05) is 30.3 Å². The highest BCUT2D eigenvalue weighted by molar-refractivity contribution is 5.78. The molecule has 2 aromatic carbocycles. The van der Waals surface area contributed by atoms with Crippen molar-refractivity contribution < 1.29 is 26.3 Å². The number of hydrogen-bond acceptors (Lipinski definition) is 3. The molecular formula is C28H20F6N4. The van der Waals surface area contributed by atoms with Gasteiger partial charge in [-0.3, -0.25) is 0 Å². The van der Waals surface area contributed by atoms with Crippen LogP contribution in [0.5, 0.6) is 0 Å². The Morgan fingerprint density at radius 2 is 1.26 bits per heavy atom. The van der Waals surface area contributed by atoms with E-state index in [0.29, 0.717) is 28.2 Å². The van der Waals surface area contributed by atoms with E-state index in [2.05, 4.69) is 20.3 Å². The summed E-state index contributed by atoms with van der Waals surface area (Å²) in [6, 6.07) is 19.5. The Morgan fingerprint density at radius 1 is 0.658 bits per heavy atom. The van der Waals surface area contributed by atoms with Gasteiger partial charge in [-0.25, -0.2) is 9.97 Å². The molecule has 2 N–H and O–H groups in total. The maximum Gasteiger partial charge on any atom is 0.416 e. The Labute approximate surface area is 213 Å². The van der Waals surface area contributed by atoms with Gasteiger partial charge < -0.3 is 10.3 Å². The van der Waals surface area contributed by atoms with E-state index in [1.807, 2.05) is 18.2 Å². The summed E-state index contributed by atoms with van der Waals surface area (Å²) >= 11 is 0. The van der Waals surface area contributed by atoms with Crippen molar-refractivity contribution in [2.75, 3.05) is 11.9 Å². The number of fused-ring (bicyclic) bond motifs is 2. The van der Waals surface area contributed by atoms with E-state index < -0.39 is 23.5 Å². The molecule has 0 aliphatic carbocycles. The standard InChI is InChI=1S/C14H11F3N2.C14H9F3N2/c2*15-14(16,17)11-3-1-2-10(8-11)12-5-4-9-6-7-18-13(9)19-12/h1-5,8H,6-7H2,(H,18,19);1-8H,(H,18,19). The SMILES string of the molecule is FC(F)(F)c1cccc(-c2ccc3c(n2)NCC3)c1.FC(F)(F)c1cccc(-c2ccc3cc[nH]c3n2)c1. The number of rotatable bonds is 2. The summed E-state index contributed by atoms with van der Waals surface area (Å²) in [4.78, 5) is 11.6. The van der Waals surface area contributed by atoms with Crippen molar-refractivity contribution in [1.29, 1.82) is 0 Å². The Bertz CT molecular complexity index is 1590. The second-order valence-corrected chi connectivity index (χ2v) is 8.65. The Hall–Kier alpha value is -4.34. The van der Waals surface area contributed by atoms with Crippen molar-refractivity contribution in [3.8, 4) is 22.5 Å². The molecule has 0 saturated heterocycles. The number of aromatic amines is 1. The van der Waals surface area contributed by atoms with E-state index in [-0.39, 0.29) is 0 Å². The van der Waals surface area contributed by atoms with Crippen LogP contribution >= 0.6 is 0 Å². The molecule has 4 heterocycles. The lowest BCUT2D eigenvalue weighted by molar-refractivity contribution is -0.138. The lowest BCUT2D eigenvalue weighted by Crippen LogP contribution is -2.04. The number of nitrogens with zero attached hydrogens (tertiary/aromatic N) is 2. The predicted molar refractivity (Wildman–Crippen MR) is 133 cm³/mol. The number of nitrogens with one attached hydrogen (secondary N) is 2. The predicted octanol–water partition coefficient (Wildman–Crippen LogP) is 7.98. The van der Waals surface area contributed by atoms with Crippen LogP contribution in [-0.2, 0) is 18.8 Å². The van der Waals surface area contributed by atoms with E-state index in [0.717, 1.165) is 54.0 Å². The van der Waals surface area contributed by atoms with E-state index in [1.54, 1.807) is 30.5 Å². The first kappa shape index (κ1) is 25.3. The summed E-state index contributed by atoms with van der Waals surface area (Å²) in [5, 5.41) is 4.05. The number of hydrogen-bond donors (Lipinski definition) is 2. The minimum absolute atomic E-state index is 0.450. The van der Waals surface area contributed by atoms with Gasteiger partial charge in [0.2, 0.25) is 0 Å². The molecule has 0 radical (unpaired) electrons. The maximum atomic E-state index is 12.7. The van der Waals surface area contributed by atoms with Crippen molar-refractivity contribution in [3.63, 3.8) is 0 Å². The first-order chi connectivity index (χ1) is 18.1. The lowest BCUT2D eigenvalue weighted by atomic mass is 10.1. The number of benzene rings is 2. The van der Waals surface area contributed by atoms with Gasteiger partial charge >= 0.3 is 12.4 Å². The summed E-state index contributed by atoms with van der Waals surface area (Å²) in [6.07, 6.45) is -6.02. The van der Waals surface area contributed by atoms with E-state index >= 15 is 0 Å². The largest absolute Gasteiger partial charge is 0.416 e. The van der Waals surface area contributed by atoms with E-state index in [1.165, 1.54) is 12.1 Å². The van der Waals surface area contributed by atoms with Crippen LogP contribution in [0.15, 0.2) is 85.1 Å². The number of halogens is 6. The van der Waals surface area contributed by atoms with Crippen molar-refractivity contribution in [2.45, 2.75) is 18.8 Å². The topological polar surface area (TPSA) is 53.6 Å². The Kier molecular flexibility index (Phi) is 6.56. The van der Waals surface area contributed by atoms with Gasteiger partial charge in [0.15, 0.2) is 0 Å². The van der Waals surface area contributed by atoms with Crippen molar-refractivity contribution in [1.82, 2.24) is 15.0 Å². The molecule has 6 rings (SSSR count). The van der Waals surface area contributed by atoms with Crippen LogP contribution in [0.4, 0.5) is 32.2 Å². The third-order valence-corrected chi connectivity index (χ3v) is 6.05. The molecule has 0 unspecified atom stereocenters. The Balaban J connectivity index is 0.000000155. The molecule has 5 aromatic rings. The van der Waals surface area contributed by atoms with E-state index in [4.69, 9.17) is 0 Å². The molecule has 3 aromatic heterocycles. The average Bonchev–Trinajstić information content (AvgIpc) is 3.57. The monoisotopic (exact) mass is 526 g/mol. The second-order valence-electron chi connectivity index (χ2n) is 8.65. The van der Waals surface area contributed by atoms with Gasteiger partial charge in [0.05, 0.1) is 22.5 Å². The molecule has 194 valence electrons. The van der Waals surface area contributed by atoms with Crippen molar-refractivity contribution >= 4 is 16.9 Å². The van der Waals surface area contributed by atoms with Gasteiger partial charge in [-0.2, -0.15) is 26.3 Å². The molecule has 0 amide bonds. The van der Waals surface area contributed by atoms with Crippen LogP contribution in [0.2, 0.25) is 0 Å². The zero-order chi connectivity index (χ0) is 26.9. The number of aromatic nitrogens is 3. The molecule has 0 saturated carbocycles. The first-order valence-electron chi connectivity index (χ1n) is 11.6. The van der Waals surface area contributed by atoms with Crippen LogP contribution in [-0.4, -0.2) is 21.5 Å². The fourth-order valence-corrected chi connectivity index (χ4v) is 4.12. The average molecular weight is 526 g/mol. The van der Waals surface area contributed by atoms with Crippen LogP contribution in [0.3, 0.4) is 0 Å². The first-order valence-corrected chi connectivity index (χ1v) is 11.6. The highest BCUT2D eigenvalue weighted by Gasteiger charge is 2.31. The Morgan fingerprint density at radius 3 is 1.89 bits per heavy atom. The number of alkyl halides is 6. The van der Waals surface area contributed by atoms with Gasteiger partial charge in [-0.05, 0) is 60.5 Å². The molecule has 0 fully saturated rings. The minimum atomic E-state index is -4.34. The summed E-state index contributed by atoms with van der Waals surface area (Å²) < 4.78 is 76.0. The van der Waals surface area contributed by atoms with Crippen LogP contribution in [0, 0.1) is 0 Å². The van der Waals surface area contributed by atoms with Crippen LogP contribution in [0.1, 0.15) is 16.7 Å². The van der Waals surface area contributed by atoms with E-state index in [9.17, 15) is 26.3 Å². The number of H-pyrrole nitrogens is 1. The summed E-state index contributed by atoms with van der Waals surface area (Å²) in [5.41, 5.74) is 2.45. The van der Waals surface area contributed by atoms with Gasteiger partial charge in [0.1, 0.15) is 11.5 Å². The highest BCUT2D eigenvalue weighted by Crippen LogP contribution is 2.33. The quantitative estimate of drug-likeness (QED) is 0.229. The van der Waals surface area contributed by atoms with Crippen molar-refractivity contribution in [2.24, 2.45) is 0 Å². The summed E-state index contributed by atoms with van der Waals surface area (Å²) in [6.45, 7) is 0.828. The molecule has 38 heavy (non-hydrogen) atoms. The van der Waals surface area contributed by atoms with Gasteiger partial charge in [0.25, 0.3) is 0 Å². The zero-order valence-corrected chi connectivity index (χ0v) is 19.7. The molecule has 10 heteroatoms. The highest BCUT2D eigenvalue weighted by atomic mass is 19.4. The molecule has 0 bridgehead atoms. The third-order valence-electron chi connectivity index (χ3n) is 6.05. The molecule has 0 atom stereocenters. The third kappa shape index (κ3) is 5.49. The molecule has 0 spiro atoms. The number of anilines is 1. The molecule has 1 aliphatic rings. The van der Waals surface area contributed by atoms with Crippen molar-refractivity contribution in [3.05, 3.63) is 102 Å². The normalized spacial score (nSPS) is 13.0. The smallest absolute Gasteiger partial charge is 0.369 e. The van der Waals surface area contributed by atoms with Gasteiger partial charge in [-0.15, -0.1) is 0 Å². The fourth-order valence-electron chi connectivity index (χ4n) is 4.12. The molecular weight excluding hydrogens is 506 g/mol. The summed E-state index contributed by atoms with van der Waals surface area (Å²) in [7, 11) is 0. The van der Waals surface area contributed by atoms with Crippen LogP contribution < -0.4 is 5.32 Å².